The Balaban J connectivity index is 2.67. The summed E-state index contributed by atoms with van der Waals surface area (Å²) in [7, 11) is 3.23. The quantitative estimate of drug-likeness (QED) is 0.933. The van der Waals surface area contributed by atoms with Crippen LogP contribution in [0.3, 0.4) is 0 Å². The number of aliphatic hydroxyl groups is 1. The maximum absolute atomic E-state index is 11.1. The van der Waals surface area contributed by atoms with Gasteiger partial charge in [0, 0.05) is 11.1 Å². The van der Waals surface area contributed by atoms with Gasteiger partial charge in [-0.1, -0.05) is 30.3 Å². The van der Waals surface area contributed by atoms with Gasteiger partial charge in [0.05, 0.1) is 14.2 Å². The average Bonchev–Trinajstić information content (AvgIpc) is 2.49. The summed E-state index contributed by atoms with van der Waals surface area (Å²) >= 11 is 0. The largest absolute Gasteiger partial charge is 0.496 e. The van der Waals surface area contributed by atoms with Crippen LogP contribution in [0.25, 0.3) is 0 Å². The van der Waals surface area contributed by atoms with Crippen LogP contribution in [0.5, 0.6) is 11.5 Å². The first-order chi connectivity index (χ1) is 9.93. The first kappa shape index (κ1) is 15.4. The van der Waals surface area contributed by atoms with Gasteiger partial charge in [-0.25, -0.2) is 0 Å². The highest BCUT2D eigenvalue weighted by molar-refractivity contribution is 5.53. The zero-order chi connectivity index (χ0) is 15.6. The van der Waals surface area contributed by atoms with Crippen molar-refractivity contribution in [2.45, 2.75) is 26.4 Å². The first-order valence-electron chi connectivity index (χ1n) is 6.94. The van der Waals surface area contributed by atoms with Crippen molar-refractivity contribution in [3.8, 4) is 11.5 Å². The van der Waals surface area contributed by atoms with Gasteiger partial charge in [-0.15, -0.1) is 0 Å². The lowest BCUT2D eigenvalue weighted by atomic mass is 9.85. The predicted octanol–water partition coefficient (Wildman–Crippen LogP) is 3.58. The van der Waals surface area contributed by atoms with Gasteiger partial charge in [0.2, 0.25) is 0 Å². The van der Waals surface area contributed by atoms with Gasteiger partial charge in [0.25, 0.3) is 0 Å². The van der Waals surface area contributed by atoms with E-state index in [0.717, 1.165) is 16.7 Å². The van der Waals surface area contributed by atoms with Crippen molar-refractivity contribution in [2.24, 2.45) is 0 Å². The van der Waals surface area contributed by atoms with Crippen molar-refractivity contribution < 1.29 is 14.6 Å². The molecular formula is C18H22O3. The molecule has 0 aliphatic carbocycles. The first-order valence-corrected chi connectivity index (χ1v) is 6.94. The maximum atomic E-state index is 11.1. The molecule has 3 nitrogen and oxygen atoms in total. The van der Waals surface area contributed by atoms with E-state index in [0.29, 0.717) is 17.1 Å². The van der Waals surface area contributed by atoms with Crippen molar-refractivity contribution in [1.82, 2.24) is 0 Å². The minimum absolute atomic E-state index is 0.655. The Hall–Kier alpha value is -2.00. The number of hydrogen-bond donors (Lipinski definition) is 1. The molecule has 2 aromatic carbocycles. The van der Waals surface area contributed by atoms with Gasteiger partial charge in [-0.3, -0.25) is 0 Å². The van der Waals surface area contributed by atoms with E-state index in [1.807, 2.05) is 50.2 Å². The van der Waals surface area contributed by atoms with Crippen molar-refractivity contribution >= 4 is 0 Å². The molecule has 0 aliphatic heterocycles. The molecule has 0 amide bonds. The number of para-hydroxylation sites is 1. The van der Waals surface area contributed by atoms with Crippen LogP contribution in [0.4, 0.5) is 0 Å². The van der Waals surface area contributed by atoms with Crippen molar-refractivity contribution in [1.29, 1.82) is 0 Å². The average molecular weight is 286 g/mol. The summed E-state index contributed by atoms with van der Waals surface area (Å²) in [6.07, 6.45) is 0. The van der Waals surface area contributed by atoms with Crippen molar-refractivity contribution in [2.75, 3.05) is 14.2 Å². The highest BCUT2D eigenvalue weighted by Crippen LogP contribution is 2.41. The fourth-order valence-corrected chi connectivity index (χ4v) is 2.63. The molecule has 112 valence electrons. The molecule has 3 heteroatoms. The Bertz CT molecular complexity index is 645. The van der Waals surface area contributed by atoms with Gasteiger partial charge < -0.3 is 14.6 Å². The molecule has 0 saturated carbocycles. The van der Waals surface area contributed by atoms with E-state index in [9.17, 15) is 5.11 Å². The molecule has 0 bridgehead atoms. The summed E-state index contributed by atoms with van der Waals surface area (Å²) in [6, 6.07) is 11.4. The summed E-state index contributed by atoms with van der Waals surface area (Å²) in [6.45, 7) is 5.78. The van der Waals surface area contributed by atoms with Crippen molar-refractivity contribution in [3.05, 3.63) is 58.7 Å². The highest BCUT2D eigenvalue weighted by atomic mass is 16.5. The van der Waals surface area contributed by atoms with Gasteiger partial charge >= 0.3 is 0 Å². The normalized spacial score (nSPS) is 13.6. The lowest BCUT2D eigenvalue weighted by Crippen LogP contribution is -2.24. The standard InChI is InChI=1S/C18H22O3/c1-12-10-11-15(17(21-5)13(12)2)18(3,19)14-8-6-7-9-16(14)20-4/h6-11,19H,1-5H3. The fraction of sp³-hybridized carbons (Fsp3) is 0.333. The van der Waals surface area contributed by atoms with Gasteiger partial charge in [0.15, 0.2) is 0 Å². The number of methoxy groups -OCH3 is 2. The molecule has 1 N–H and O–H groups in total. The zero-order valence-electron chi connectivity index (χ0n) is 13.2. The smallest absolute Gasteiger partial charge is 0.128 e. The Morgan fingerprint density at radius 1 is 0.905 bits per heavy atom. The number of rotatable bonds is 4. The van der Waals surface area contributed by atoms with E-state index in [2.05, 4.69) is 0 Å². The highest BCUT2D eigenvalue weighted by Gasteiger charge is 2.32. The molecule has 2 rings (SSSR count). The van der Waals surface area contributed by atoms with Gasteiger partial charge in [-0.05, 0) is 38.0 Å². The number of ether oxygens (including phenoxy) is 2. The molecular weight excluding hydrogens is 264 g/mol. The third-order valence-corrected chi connectivity index (χ3v) is 4.04. The van der Waals surface area contributed by atoms with Crippen LogP contribution in [0.2, 0.25) is 0 Å². The minimum atomic E-state index is -1.20. The van der Waals surface area contributed by atoms with Gasteiger partial charge in [0.1, 0.15) is 17.1 Å². The van der Waals surface area contributed by atoms with Crippen molar-refractivity contribution in [3.63, 3.8) is 0 Å². The van der Waals surface area contributed by atoms with Crippen LogP contribution < -0.4 is 9.47 Å². The van der Waals surface area contributed by atoms with Crippen LogP contribution in [0, 0.1) is 13.8 Å². The molecule has 0 radical (unpaired) electrons. The number of aryl methyl sites for hydroxylation is 1. The monoisotopic (exact) mass is 286 g/mol. The van der Waals surface area contributed by atoms with Crippen LogP contribution >= 0.6 is 0 Å². The lowest BCUT2D eigenvalue weighted by molar-refractivity contribution is 0.0956. The summed E-state index contributed by atoms with van der Waals surface area (Å²) in [5.74, 6) is 1.37. The second-order valence-corrected chi connectivity index (χ2v) is 5.36. The lowest BCUT2D eigenvalue weighted by Gasteiger charge is -2.29. The zero-order valence-corrected chi connectivity index (χ0v) is 13.2. The van der Waals surface area contributed by atoms with Crippen LogP contribution in [0.15, 0.2) is 36.4 Å². The molecule has 1 atom stereocenters. The van der Waals surface area contributed by atoms with E-state index in [1.165, 1.54) is 0 Å². The Kier molecular flexibility index (Phi) is 4.24. The summed E-state index contributed by atoms with van der Waals surface area (Å²) in [5, 5.41) is 11.1. The molecule has 21 heavy (non-hydrogen) atoms. The molecule has 0 heterocycles. The topological polar surface area (TPSA) is 38.7 Å². The van der Waals surface area contributed by atoms with Crippen LogP contribution in [-0.4, -0.2) is 19.3 Å². The molecule has 0 fully saturated rings. The summed E-state index contributed by atoms with van der Waals surface area (Å²) in [5.41, 5.74) is 2.42. The molecule has 0 saturated heterocycles. The number of benzene rings is 2. The van der Waals surface area contributed by atoms with Gasteiger partial charge in [-0.2, -0.15) is 0 Å². The Morgan fingerprint density at radius 3 is 2.19 bits per heavy atom. The van der Waals surface area contributed by atoms with Crippen LogP contribution in [0.1, 0.15) is 29.2 Å². The van der Waals surface area contributed by atoms with E-state index < -0.39 is 5.60 Å². The second kappa shape index (κ2) is 5.78. The summed E-state index contributed by atoms with van der Waals surface area (Å²) < 4.78 is 10.9. The summed E-state index contributed by atoms with van der Waals surface area (Å²) in [4.78, 5) is 0. The predicted molar refractivity (Wildman–Crippen MR) is 84.1 cm³/mol. The third kappa shape index (κ3) is 2.61. The second-order valence-electron chi connectivity index (χ2n) is 5.36. The fourth-order valence-electron chi connectivity index (χ4n) is 2.63. The van der Waals surface area contributed by atoms with E-state index in [4.69, 9.17) is 9.47 Å². The molecule has 0 aromatic heterocycles. The molecule has 0 aliphatic rings. The van der Waals surface area contributed by atoms with E-state index in [-0.39, 0.29) is 0 Å². The van der Waals surface area contributed by atoms with Crippen LogP contribution in [-0.2, 0) is 5.60 Å². The molecule has 1 unspecified atom stereocenters. The third-order valence-electron chi connectivity index (χ3n) is 4.04. The molecule has 0 spiro atoms. The Labute approximate surface area is 126 Å². The minimum Gasteiger partial charge on any atom is -0.496 e. The molecule has 2 aromatic rings. The number of hydrogen-bond acceptors (Lipinski definition) is 3. The maximum Gasteiger partial charge on any atom is 0.128 e. The SMILES string of the molecule is COc1ccccc1C(C)(O)c1ccc(C)c(C)c1OC. The Morgan fingerprint density at radius 2 is 1.57 bits per heavy atom. The van der Waals surface area contributed by atoms with E-state index >= 15 is 0 Å². The van der Waals surface area contributed by atoms with E-state index in [1.54, 1.807) is 21.1 Å².